The predicted octanol–water partition coefficient (Wildman–Crippen LogP) is 0.649. The van der Waals surface area contributed by atoms with Gasteiger partial charge in [0.2, 0.25) is 0 Å². The van der Waals surface area contributed by atoms with Crippen LogP contribution in [0.5, 0.6) is 0 Å². The second-order valence-corrected chi connectivity index (χ2v) is 4.18. The van der Waals surface area contributed by atoms with Crippen molar-refractivity contribution in [3.63, 3.8) is 0 Å². The Balaban J connectivity index is 1.81. The summed E-state index contributed by atoms with van der Waals surface area (Å²) in [5, 5.41) is 0. The van der Waals surface area contributed by atoms with Crippen LogP contribution < -0.4 is 0 Å². The molecule has 1 aliphatic heterocycles. The van der Waals surface area contributed by atoms with Crippen LogP contribution in [0.3, 0.4) is 0 Å². The average Bonchev–Trinajstić information content (AvgIpc) is 3.02. The zero-order valence-corrected chi connectivity index (χ0v) is 9.59. The first kappa shape index (κ1) is 10.0. The molecule has 76 valence electrons. The van der Waals surface area contributed by atoms with Gasteiger partial charge in [0.05, 0.1) is 0 Å². The summed E-state index contributed by atoms with van der Waals surface area (Å²) in [6.45, 7) is 3.69. The molecular formula is C10H13BrN2O. The van der Waals surface area contributed by atoms with E-state index >= 15 is 0 Å². The van der Waals surface area contributed by atoms with Crippen molar-refractivity contribution in [1.29, 1.82) is 0 Å². The van der Waals surface area contributed by atoms with Crippen molar-refractivity contribution < 1.29 is 4.79 Å². The number of amides is 1. The molecule has 14 heavy (non-hydrogen) atoms. The molecule has 0 N–H and O–H groups in total. The van der Waals surface area contributed by atoms with Crippen LogP contribution in [0.2, 0.25) is 0 Å². The van der Waals surface area contributed by atoms with E-state index in [0.717, 1.165) is 32.2 Å². The van der Waals surface area contributed by atoms with Crippen molar-refractivity contribution in [1.82, 2.24) is 9.80 Å². The summed E-state index contributed by atoms with van der Waals surface area (Å²) >= 11 is 2.94. The van der Waals surface area contributed by atoms with Crippen molar-refractivity contribution in [2.45, 2.75) is 18.9 Å². The maximum absolute atomic E-state index is 11.4. The molecule has 2 aliphatic rings. The third-order valence-corrected chi connectivity index (χ3v) is 3.02. The minimum Gasteiger partial charge on any atom is -0.329 e. The Morgan fingerprint density at radius 2 is 1.86 bits per heavy atom. The minimum absolute atomic E-state index is 0.0580. The second kappa shape index (κ2) is 4.33. The number of hydrogen-bond acceptors (Lipinski definition) is 2. The van der Waals surface area contributed by atoms with E-state index in [4.69, 9.17) is 0 Å². The zero-order valence-electron chi connectivity index (χ0n) is 8.00. The molecule has 1 heterocycles. The van der Waals surface area contributed by atoms with E-state index < -0.39 is 0 Å². The predicted molar refractivity (Wildman–Crippen MR) is 57.9 cm³/mol. The smallest absolute Gasteiger partial charge is 0.299 e. The van der Waals surface area contributed by atoms with Crippen LogP contribution in [0.4, 0.5) is 0 Å². The monoisotopic (exact) mass is 256 g/mol. The first-order valence-electron chi connectivity index (χ1n) is 4.96. The fourth-order valence-electron chi connectivity index (χ4n) is 1.85. The Morgan fingerprint density at radius 3 is 2.36 bits per heavy atom. The van der Waals surface area contributed by atoms with Crippen molar-refractivity contribution >= 4 is 21.8 Å². The molecule has 3 nitrogen and oxygen atoms in total. The molecule has 0 aromatic heterocycles. The highest BCUT2D eigenvalue weighted by Crippen LogP contribution is 2.27. The summed E-state index contributed by atoms with van der Waals surface area (Å²) < 4.78 is 0. The minimum atomic E-state index is -0.0580. The lowest BCUT2D eigenvalue weighted by Crippen LogP contribution is -2.49. The summed E-state index contributed by atoms with van der Waals surface area (Å²) in [6, 6.07) is 0.814. The van der Waals surface area contributed by atoms with E-state index in [1.807, 2.05) is 4.90 Å². The highest BCUT2D eigenvalue weighted by atomic mass is 79.9. The van der Waals surface area contributed by atoms with Gasteiger partial charge < -0.3 is 4.90 Å². The topological polar surface area (TPSA) is 23.6 Å². The number of carbonyl (C=O) groups excluding carboxylic acids is 1. The first-order chi connectivity index (χ1) is 6.81. The van der Waals surface area contributed by atoms with Gasteiger partial charge in [0, 0.05) is 54.1 Å². The summed E-state index contributed by atoms with van der Waals surface area (Å²) in [6.07, 6.45) is 2.68. The molecule has 0 unspecified atom stereocenters. The third kappa shape index (κ3) is 2.28. The molecule has 0 radical (unpaired) electrons. The highest BCUT2D eigenvalue weighted by Gasteiger charge is 2.31. The van der Waals surface area contributed by atoms with E-state index in [-0.39, 0.29) is 5.91 Å². The average molecular weight is 257 g/mol. The van der Waals surface area contributed by atoms with E-state index in [0.29, 0.717) is 0 Å². The van der Waals surface area contributed by atoms with Gasteiger partial charge in [0.25, 0.3) is 5.91 Å². The van der Waals surface area contributed by atoms with Crippen molar-refractivity contribution in [3.8, 4) is 10.8 Å². The largest absolute Gasteiger partial charge is 0.329 e. The Bertz CT molecular complexity index is 282. The fraction of sp³-hybridized carbons (Fsp3) is 0.700. The highest BCUT2D eigenvalue weighted by molar-refractivity contribution is 9.12. The van der Waals surface area contributed by atoms with Crippen LogP contribution in [0.25, 0.3) is 0 Å². The van der Waals surface area contributed by atoms with Gasteiger partial charge in [0.15, 0.2) is 0 Å². The second-order valence-electron chi connectivity index (χ2n) is 3.78. The number of nitrogens with zero attached hydrogens (tertiary/aromatic N) is 2. The normalized spacial score (nSPS) is 22.8. The Morgan fingerprint density at radius 1 is 1.21 bits per heavy atom. The molecule has 1 saturated heterocycles. The Hall–Kier alpha value is -0.530. The lowest BCUT2D eigenvalue weighted by atomic mass is 10.3. The molecule has 1 aliphatic carbocycles. The Labute approximate surface area is 92.6 Å². The number of carbonyl (C=O) groups is 1. The summed E-state index contributed by atoms with van der Waals surface area (Å²) in [4.78, 5) is 18.2. The summed E-state index contributed by atoms with van der Waals surface area (Å²) in [5.74, 6) is 2.45. The molecule has 4 heteroatoms. The molecule has 0 atom stereocenters. The zero-order chi connectivity index (χ0) is 9.97. The van der Waals surface area contributed by atoms with Gasteiger partial charge in [-0.05, 0) is 17.7 Å². The van der Waals surface area contributed by atoms with Crippen molar-refractivity contribution in [2.75, 3.05) is 26.2 Å². The van der Waals surface area contributed by atoms with Crippen LogP contribution in [0.15, 0.2) is 0 Å². The standard InChI is InChI=1S/C10H13BrN2O/c11-4-3-10(14)13-7-5-12(6-8-13)9-1-2-9/h9H,1-2,5-8H2. The SMILES string of the molecule is O=C(C#CBr)N1CCN(C2CC2)CC1. The van der Waals surface area contributed by atoms with Crippen LogP contribution in [-0.2, 0) is 4.79 Å². The molecule has 0 aromatic rings. The van der Waals surface area contributed by atoms with Crippen LogP contribution in [0.1, 0.15) is 12.8 Å². The molecule has 0 bridgehead atoms. The van der Waals surface area contributed by atoms with E-state index in [1.165, 1.54) is 12.8 Å². The van der Waals surface area contributed by atoms with E-state index in [2.05, 4.69) is 31.6 Å². The van der Waals surface area contributed by atoms with Gasteiger partial charge >= 0.3 is 0 Å². The number of halogens is 1. The molecule has 1 saturated carbocycles. The first-order valence-corrected chi connectivity index (χ1v) is 5.75. The van der Waals surface area contributed by atoms with E-state index in [1.54, 1.807) is 0 Å². The van der Waals surface area contributed by atoms with Gasteiger partial charge in [-0.25, -0.2) is 0 Å². The van der Waals surface area contributed by atoms with Crippen molar-refractivity contribution in [2.24, 2.45) is 0 Å². The van der Waals surface area contributed by atoms with Crippen LogP contribution >= 0.6 is 15.9 Å². The maximum Gasteiger partial charge on any atom is 0.299 e. The summed E-state index contributed by atoms with van der Waals surface area (Å²) in [5.41, 5.74) is 0. The van der Waals surface area contributed by atoms with Gasteiger partial charge in [0.1, 0.15) is 0 Å². The lowest BCUT2D eigenvalue weighted by Gasteiger charge is -2.33. The number of piperazine rings is 1. The molecule has 0 aromatic carbocycles. The molecule has 2 rings (SSSR count). The van der Waals surface area contributed by atoms with Gasteiger partial charge in [-0.2, -0.15) is 0 Å². The van der Waals surface area contributed by atoms with Gasteiger partial charge in [-0.3, -0.25) is 9.69 Å². The van der Waals surface area contributed by atoms with Gasteiger partial charge in [-0.1, -0.05) is 0 Å². The Kier molecular flexibility index (Phi) is 3.09. The van der Waals surface area contributed by atoms with Crippen LogP contribution in [0, 0.1) is 10.8 Å². The molecule has 0 spiro atoms. The third-order valence-electron chi connectivity index (χ3n) is 2.82. The van der Waals surface area contributed by atoms with Crippen molar-refractivity contribution in [3.05, 3.63) is 0 Å². The number of rotatable bonds is 1. The molecular weight excluding hydrogens is 244 g/mol. The quantitative estimate of drug-likeness (QED) is 0.644. The fourth-order valence-corrected chi connectivity index (χ4v) is 2.02. The number of hydrogen-bond donors (Lipinski definition) is 0. The summed E-state index contributed by atoms with van der Waals surface area (Å²) in [7, 11) is 0. The lowest BCUT2D eigenvalue weighted by molar-refractivity contribution is -0.126. The molecule has 1 amide bonds. The maximum atomic E-state index is 11.4. The van der Waals surface area contributed by atoms with Crippen LogP contribution in [-0.4, -0.2) is 47.9 Å². The van der Waals surface area contributed by atoms with Gasteiger partial charge in [-0.15, -0.1) is 0 Å². The van der Waals surface area contributed by atoms with E-state index in [9.17, 15) is 4.79 Å². The molecule has 2 fully saturated rings.